The molecule has 0 spiro atoms. The zero-order valence-corrected chi connectivity index (χ0v) is 11.1. The van der Waals surface area contributed by atoms with Crippen LogP contribution in [-0.4, -0.2) is 36.6 Å². The Morgan fingerprint density at radius 3 is 2.81 bits per heavy atom. The summed E-state index contributed by atoms with van der Waals surface area (Å²) < 4.78 is 0. The Balaban J connectivity index is 1.81. The van der Waals surface area contributed by atoms with Gasteiger partial charge in [0.2, 0.25) is 0 Å². The average molecular weight is 239 g/mol. The molecule has 0 bridgehead atoms. The van der Waals surface area contributed by atoms with Crippen molar-refractivity contribution in [2.45, 2.75) is 31.8 Å². The highest BCUT2D eigenvalue weighted by Gasteiger charge is 2.32. The van der Waals surface area contributed by atoms with Crippen LogP contribution in [0.25, 0.3) is 0 Å². The predicted molar refractivity (Wildman–Crippen MR) is 68.7 cm³/mol. The lowest BCUT2D eigenvalue weighted by atomic mass is 10.1. The number of rotatable bonds is 6. The largest absolute Gasteiger partial charge is 0.308 e. The summed E-state index contributed by atoms with van der Waals surface area (Å²) in [5.41, 5.74) is 1.90. The third-order valence-electron chi connectivity index (χ3n) is 3.34. The maximum absolute atomic E-state index is 4.12. The third-order valence-corrected chi connectivity index (χ3v) is 4.30. The molecule has 1 heterocycles. The Labute approximate surface area is 102 Å². The van der Waals surface area contributed by atoms with Crippen LogP contribution in [0.2, 0.25) is 0 Å². The van der Waals surface area contributed by atoms with Gasteiger partial charge < -0.3 is 10.2 Å². The van der Waals surface area contributed by atoms with Gasteiger partial charge in [-0.2, -0.15) is 0 Å². The number of nitrogens with one attached hydrogen (secondary N) is 1. The molecule has 90 valence electrons. The first-order valence-corrected chi connectivity index (χ1v) is 6.84. The molecule has 1 saturated carbocycles. The number of thiazole rings is 1. The lowest BCUT2D eigenvalue weighted by Crippen LogP contribution is -2.40. The van der Waals surface area contributed by atoms with E-state index >= 15 is 0 Å². The molecular formula is C12H21N3S. The van der Waals surface area contributed by atoms with E-state index in [1.165, 1.54) is 17.7 Å². The van der Waals surface area contributed by atoms with Crippen LogP contribution < -0.4 is 5.32 Å². The molecule has 4 heteroatoms. The van der Waals surface area contributed by atoms with Crippen molar-refractivity contribution in [3.8, 4) is 0 Å². The summed E-state index contributed by atoms with van der Waals surface area (Å²) in [5, 5.41) is 3.62. The van der Waals surface area contributed by atoms with Crippen LogP contribution in [0.4, 0.5) is 0 Å². The average Bonchev–Trinajstić information content (AvgIpc) is 2.93. The van der Waals surface area contributed by atoms with Gasteiger partial charge in [0, 0.05) is 29.7 Å². The Kier molecular flexibility index (Phi) is 3.95. The lowest BCUT2D eigenvalue weighted by molar-refractivity contribution is 0.250. The van der Waals surface area contributed by atoms with E-state index in [1.54, 1.807) is 11.3 Å². The van der Waals surface area contributed by atoms with Gasteiger partial charge in [-0.1, -0.05) is 0 Å². The van der Waals surface area contributed by atoms with Crippen molar-refractivity contribution >= 4 is 11.3 Å². The highest BCUT2D eigenvalue weighted by atomic mass is 32.1. The molecule has 3 nitrogen and oxygen atoms in total. The molecule has 0 radical (unpaired) electrons. The number of nitrogens with zero attached hydrogens (tertiary/aromatic N) is 2. The minimum atomic E-state index is 0.425. The minimum absolute atomic E-state index is 0.425. The highest BCUT2D eigenvalue weighted by molar-refractivity contribution is 7.09. The van der Waals surface area contributed by atoms with Crippen LogP contribution >= 0.6 is 11.3 Å². The molecule has 1 aliphatic rings. The molecule has 1 aliphatic carbocycles. The van der Waals surface area contributed by atoms with Gasteiger partial charge in [-0.15, -0.1) is 11.3 Å². The molecule has 1 N–H and O–H groups in total. The summed E-state index contributed by atoms with van der Waals surface area (Å²) in [4.78, 5) is 7.80. The summed E-state index contributed by atoms with van der Waals surface area (Å²) in [5.74, 6) is 0.913. The van der Waals surface area contributed by atoms with E-state index < -0.39 is 0 Å². The van der Waals surface area contributed by atoms with Crippen LogP contribution in [0, 0.1) is 5.92 Å². The van der Waals surface area contributed by atoms with E-state index in [9.17, 15) is 0 Å². The van der Waals surface area contributed by atoms with E-state index in [2.05, 4.69) is 36.2 Å². The van der Waals surface area contributed by atoms with Crippen molar-refractivity contribution in [1.29, 1.82) is 0 Å². The van der Waals surface area contributed by atoms with Crippen molar-refractivity contribution in [2.24, 2.45) is 5.92 Å². The molecule has 0 aliphatic heterocycles. The molecule has 1 fully saturated rings. The van der Waals surface area contributed by atoms with Crippen molar-refractivity contribution in [1.82, 2.24) is 15.2 Å². The van der Waals surface area contributed by atoms with Gasteiger partial charge >= 0.3 is 0 Å². The molecule has 1 aromatic heterocycles. The molecule has 0 amide bonds. The van der Waals surface area contributed by atoms with Crippen LogP contribution in [-0.2, 0) is 0 Å². The first-order chi connectivity index (χ1) is 7.68. The zero-order chi connectivity index (χ0) is 11.5. The van der Waals surface area contributed by atoms with Crippen molar-refractivity contribution in [2.75, 3.05) is 20.6 Å². The Bertz CT molecular complexity index is 304. The van der Waals surface area contributed by atoms with Crippen molar-refractivity contribution in [3.05, 3.63) is 16.6 Å². The number of likely N-dealkylation sites (N-methyl/N-ethyl adjacent to an activating group) is 1. The fourth-order valence-corrected chi connectivity index (χ4v) is 2.74. The van der Waals surface area contributed by atoms with Crippen molar-refractivity contribution < 1.29 is 0 Å². The Hall–Kier alpha value is -0.450. The van der Waals surface area contributed by atoms with E-state index in [-0.39, 0.29) is 0 Å². The SMILES string of the molecule is CC(NCC(C1CC1)N(C)C)c1cncs1. The van der Waals surface area contributed by atoms with Crippen LogP contribution in [0.3, 0.4) is 0 Å². The zero-order valence-electron chi connectivity index (χ0n) is 10.3. The molecule has 0 saturated heterocycles. The molecule has 16 heavy (non-hydrogen) atoms. The molecule has 1 aromatic rings. The summed E-state index contributed by atoms with van der Waals surface area (Å²) in [6.45, 7) is 3.30. The smallest absolute Gasteiger partial charge is 0.0794 e. The number of hydrogen-bond acceptors (Lipinski definition) is 4. The van der Waals surface area contributed by atoms with E-state index in [0.29, 0.717) is 12.1 Å². The normalized spacial score (nSPS) is 20.0. The summed E-state index contributed by atoms with van der Waals surface area (Å²) in [6, 6.07) is 1.11. The fourth-order valence-electron chi connectivity index (χ4n) is 2.09. The monoisotopic (exact) mass is 239 g/mol. The molecule has 2 rings (SSSR count). The topological polar surface area (TPSA) is 28.2 Å². The minimum Gasteiger partial charge on any atom is -0.308 e. The summed E-state index contributed by atoms with van der Waals surface area (Å²) in [6.07, 6.45) is 4.77. The van der Waals surface area contributed by atoms with E-state index in [1.807, 2.05) is 11.7 Å². The second kappa shape index (κ2) is 5.25. The number of aromatic nitrogens is 1. The molecule has 2 unspecified atom stereocenters. The molecular weight excluding hydrogens is 218 g/mol. The van der Waals surface area contributed by atoms with Gasteiger partial charge in [-0.05, 0) is 39.8 Å². The Morgan fingerprint density at radius 1 is 1.56 bits per heavy atom. The van der Waals surface area contributed by atoms with Crippen LogP contribution in [0.15, 0.2) is 11.7 Å². The maximum Gasteiger partial charge on any atom is 0.0794 e. The first kappa shape index (κ1) is 12.0. The van der Waals surface area contributed by atoms with Gasteiger partial charge in [0.25, 0.3) is 0 Å². The third kappa shape index (κ3) is 3.03. The second-order valence-electron chi connectivity index (χ2n) is 4.90. The highest BCUT2D eigenvalue weighted by Crippen LogP contribution is 2.34. The van der Waals surface area contributed by atoms with Gasteiger partial charge in [-0.25, -0.2) is 0 Å². The second-order valence-corrected chi connectivity index (χ2v) is 5.82. The molecule has 2 atom stereocenters. The summed E-state index contributed by atoms with van der Waals surface area (Å²) in [7, 11) is 4.37. The van der Waals surface area contributed by atoms with Crippen molar-refractivity contribution in [3.63, 3.8) is 0 Å². The Morgan fingerprint density at radius 2 is 2.31 bits per heavy atom. The fraction of sp³-hybridized carbons (Fsp3) is 0.750. The standard InChI is InChI=1S/C12H21N3S/c1-9(12-7-13-8-16-12)14-6-11(15(2)3)10-4-5-10/h7-11,14H,4-6H2,1-3H3. The lowest BCUT2D eigenvalue weighted by Gasteiger charge is -2.26. The molecule has 0 aromatic carbocycles. The quantitative estimate of drug-likeness (QED) is 0.824. The summed E-state index contributed by atoms with van der Waals surface area (Å²) >= 11 is 1.73. The van der Waals surface area contributed by atoms with E-state index in [4.69, 9.17) is 0 Å². The predicted octanol–water partition coefficient (Wildman–Crippen LogP) is 2.13. The van der Waals surface area contributed by atoms with Crippen LogP contribution in [0.5, 0.6) is 0 Å². The number of hydrogen-bond donors (Lipinski definition) is 1. The van der Waals surface area contributed by atoms with Gasteiger partial charge in [0.1, 0.15) is 0 Å². The van der Waals surface area contributed by atoms with E-state index in [0.717, 1.165) is 12.5 Å². The van der Waals surface area contributed by atoms with Gasteiger partial charge in [-0.3, -0.25) is 4.98 Å². The first-order valence-electron chi connectivity index (χ1n) is 5.96. The van der Waals surface area contributed by atoms with Crippen LogP contribution in [0.1, 0.15) is 30.7 Å². The maximum atomic E-state index is 4.12. The van der Waals surface area contributed by atoms with Gasteiger partial charge in [0.05, 0.1) is 5.51 Å². The van der Waals surface area contributed by atoms with Gasteiger partial charge in [0.15, 0.2) is 0 Å².